The molecule has 0 saturated heterocycles. The summed E-state index contributed by atoms with van der Waals surface area (Å²) in [5.41, 5.74) is 2.77. The van der Waals surface area contributed by atoms with Crippen LogP contribution in [0.15, 0.2) is 24.3 Å². The molecule has 2 N–H and O–H groups in total. The van der Waals surface area contributed by atoms with Crippen LogP contribution < -0.4 is 5.73 Å². The minimum absolute atomic E-state index is 0.0457. The summed E-state index contributed by atoms with van der Waals surface area (Å²) in [4.78, 5) is 3.24. The van der Waals surface area contributed by atoms with Gasteiger partial charge in [-0.25, -0.2) is 4.98 Å². The molecule has 0 aliphatic rings. The van der Waals surface area contributed by atoms with E-state index in [1.54, 1.807) is 0 Å². The van der Waals surface area contributed by atoms with Crippen molar-refractivity contribution >= 4 is 10.9 Å². The van der Waals surface area contributed by atoms with Gasteiger partial charge in [0.25, 0.3) is 0 Å². The number of para-hydroxylation sites is 1. The standard InChI is InChI=1S/C16H16F6N2/c1-2-4-10(23)7-9-8-13(16(20,21)22)24-14-11(9)5-3-6-12(14)15(17,18)19/h3,5-6,8,10H,2,4,7,23H2,1H3. The number of nitrogens with two attached hydrogens (primary N) is 1. The van der Waals surface area contributed by atoms with E-state index in [4.69, 9.17) is 5.73 Å². The first-order valence-electron chi connectivity index (χ1n) is 7.36. The molecule has 0 amide bonds. The van der Waals surface area contributed by atoms with E-state index in [0.717, 1.165) is 24.6 Å². The molecule has 1 aromatic carbocycles. The van der Waals surface area contributed by atoms with E-state index in [1.807, 2.05) is 6.92 Å². The van der Waals surface area contributed by atoms with Gasteiger partial charge in [0.15, 0.2) is 0 Å². The molecule has 0 spiro atoms. The molecule has 0 bridgehead atoms. The molecule has 0 aliphatic heterocycles. The van der Waals surface area contributed by atoms with Gasteiger partial charge >= 0.3 is 12.4 Å². The Morgan fingerprint density at radius 1 is 1.08 bits per heavy atom. The molecule has 132 valence electrons. The summed E-state index contributed by atoms with van der Waals surface area (Å²) in [5, 5.41) is 0.0457. The van der Waals surface area contributed by atoms with Crippen LogP contribution in [0.4, 0.5) is 26.3 Å². The van der Waals surface area contributed by atoms with Crippen LogP contribution in [0.5, 0.6) is 0 Å². The number of hydrogen-bond donors (Lipinski definition) is 1. The quantitative estimate of drug-likeness (QED) is 0.793. The Morgan fingerprint density at radius 3 is 2.29 bits per heavy atom. The van der Waals surface area contributed by atoms with Crippen molar-refractivity contribution in [2.75, 3.05) is 0 Å². The minimum atomic E-state index is -4.84. The lowest BCUT2D eigenvalue weighted by atomic mass is 9.97. The average molecular weight is 350 g/mol. The normalized spacial score (nSPS) is 14.2. The van der Waals surface area contributed by atoms with Gasteiger partial charge in [-0.1, -0.05) is 25.5 Å². The molecule has 24 heavy (non-hydrogen) atoms. The molecular weight excluding hydrogens is 334 g/mol. The second-order valence-electron chi connectivity index (χ2n) is 5.62. The van der Waals surface area contributed by atoms with Gasteiger partial charge in [0.1, 0.15) is 5.69 Å². The maximum absolute atomic E-state index is 13.1. The Hall–Kier alpha value is -1.83. The van der Waals surface area contributed by atoms with Crippen LogP contribution in [0.2, 0.25) is 0 Å². The topological polar surface area (TPSA) is 38.9 Å². The fraction of sp³-hybridized carbons (Fsp3) is 0.438. The van der Waals surface area contributed by atoms with Gasteiger partial charge in [-0.15, -0.1) is 0 Å². The van der Waals surface area contributed by atoms with E-state index >= 15 is 0 Å². The Morgan fingerprint density at radius 2 is 1.75 bits per heavy atom. The van der Waals surface area contributed by atoms with Crippen LogP contribution >= 0.6 is 0 Å². The van der Waals surface area contributed by atoms with Crippen molar-refractivity contribution in [3.63, 3.8) is 0 Å². The second kappa shape index (κ2) is 6.58. The number of aromatic nitrogens is 1. The highest BCUT2D eigenvalue weighted by Gasteiger charge is 2.37. The number of benzene rings is 1. The first-order valence-corrected chi connectivity index (χ1v) is 7.36. The molecule has 2 aromatic rings. The molecule has 0 saturated carbocycles. The molecule has 2 nitrogen and oxygen atoms in total. The maximum atomic E-state index is 13.1. The smallest absolute Gasteiger partial charge is 0.327 e. The van der Waals surface area contributed by atoms with Gasteiger partial charge in [-0.3, -0.25) is 0 Å². The first-order chi connectivity index (χ1) is 11.0. The molecule has 2 rings (SSSR count). The van der Waals surface area contributed by atoms with E-state index in [-0.39, 0.29) is 17.4 Å². The maximum Gasteiger partial charge on any atom is 0.433 e. The molecule has 8 heteroatoms. The van der Waals surface area contributed by atoms with Gasteiger partial charge in [-0.05, 0) is 30.5 Å². The molecule has 0 fully saturated rings. The van der Waals surface area contributed by atoms with Crippen LogP contribution in [0, 0.1) is 0 Å². The van der Waals surface area contributed by atoms with Crippen LogP contribution in [0.1, 0.15) is 36.6 Å². The van der Waals surface area contributed by atoms with Gasteiger partial charge < -0.3 is 5.73 Å². The zero-order valence-corrected chi connectivity index (χ0v) is 12.8. The number of halogens is 6. The van der Waals surface area contributed by atoms with E-state index < -0.39 is 35.2 Å². The Bertz CT molecular complexity index is 721. The van der Waals surface area contributed by atoms with Crippen molar-refractivity contribution in [2.45, 2.75) is 44.6 Å². The van der Waals surface area contributed by atoms with Crippen molar-refractivity contribution < 1.29 is 26.3 Å². The van der Waals surface area contributed by atoms with E-state index in [9.17, 15) is 26.3 Å². The number of pyridine rings is 1. The van der Waals surface area contributed by atoms with Gasteiger partial charge in [0.05, 0.1) is 11.1 Å². The zero-order chi connectivity index (χ0) is 18.1. The Labute approximate surface area is 134 Å². The molecule has 0 aliphatic carbocycles. The number of fused-ring (bicyclic) bond motifs is 1. The second-order valence-corrected chi connectivity index (χ2v) is 5.62. The summed E-state index contributed by atoms with van der Waals surface area (Å²) < 4.78 is 78.4. The summed E-state index contributed by atoms with van der Waals surface area (Å²) in [6.45, 7) is 1.87. The molecule has 1 unspecified atom stereocenters. The molecular formula is C16H16F6N2. The van der Waals surface area contributed by atoms with E-state index in [2.05, 4.69) is 4.98 Å². The predicted molar refractivity (Wildman–Crippen MR) is 78.3 cm³/mol. The third-order valence-electron chi connectivity index (χ3n) is 3.66. The van der Waals surface area contributed by atoms with Crippen molar-refractivity contribution in [3.8, 4) is 0 Å². The third-order valence-corrected chi connectivity index (χ3v) is 3.66. The Kier molecular flexibility index (Phi) is 5.08. The summed E-state index contributed by atoms with van der Waals surface area (Å²) in [5.74, 6) is 0. The van der Waals surface area contributed by atoms with Crippen molar-refractivity contribution in [1.29, 1.82) is 0 Å². The highest BCUT2D eigenvalue weighted by molar-refractivity contribution is 5.86. The van der Waals surface area contributed by atoms with Crippen LogP contribution in [0.25, 0.3) is 10.9 Å². The van der Waals surface area contributed by atoms with E-state index in [0.29, 0.717) is 6.42 Å². The summed E-state index contributed by atoms with van der Waals surface area (Å²) >= 11 is 0. The lowest BCUT2D eigenvalue weighted by molar-refractivity contribution is -0.142. The highest BCUT2D eigenvalue weighted by Crippen LogP contribution is 2.37. The molecule has 0 radical (unpaired) electrons. The van der Waals surface area contributed by atoms with Gasteiger partial charge in [0.2, 0.25) is 0 Å². The average Bonchev–Trinajstić information content (AvgIpc) is 2.44. The Balaban J connectivity index is 2.71. The van der Waals surface area contributed by atoms with Crippen LogP contribution in [-0.2, 0) is 18.8 Å². The van der Waals surface area contributed by atoms with Crippen LogP contribution in [0.3, 0.4) is 0 Å². The van der Waals surface area contributed by atoms with Gasteiger partial charge in [0, 0.05) is 11.4 Å². The summed E-state index contributed by atoms with van der Waals surface area (Å²) in [6, 6.07) is 3.58. The molecule has 1 atom stereocenters. The van der Waals surface area contributed by atoms with Gasteiger partial charge in [-0.2, -0.15) is 26.3 Å². The monoisotopic (exact) mass is 350 g/mol. The minimum Gasteiger partial charge on any atom is -0.327 e. The number of alkyl halides is 6. The highest BCUT2D eigenvalue weighted by atomic mass is 19.4. The number of hydrogen-bond acceptors (Lipinski definition) is 2. The van der Waals surface area contributed by atoms with Crippen molar-refractivity contribution in [2.24, 2.45) is 5.73 Å². The van der Waals surface area contributed by atoms with Crippen LogP contribution in [-0.4, -0.2) is 11.0 Å². The molecule has 1 heterocycles. The third kappa shape index (κ3) is 3.98. The largest absolute Gasteiger partial charge is 0.433 e. The van der Waals surface area contributed by atoms with E-state index in [1.165, 1.54) is 6.07 Å². The molecule has 1 aromatic heterocycles. The first kappa shape index (κ1) is 18.5. The fourth-order valence-electron chi connectivity index (χ4n) is 2.62. The lowest BCUT2D eigenvalue weighted by Gasteiger charge is -2.17. The summed E-state index contributed by atoms with van der Waals surface area (Å²) in [7, 11) is 0. The fourth-order valence-corrected chi connectivity index (χ4v) is 2.62. The SMILES string of the molecule is CCCC(N)Cc1cc(C(F)(F)F)nc2c(C(F)(F)F)cccc12. The zero-order valence-electron chi connectivity index (χ0n) is 12.8. The predicted octanol–water partition coefficient (Wildman–Crippen LogP) is 4.94. The van der Waals surface area contributed by atoms with Crippen molar-refractivity contribution in [3.05, 3.63) is 41.1 Å². The number of rotatable bonds is 4. The summed E-state index contributed by atoms with van der Waals surface area (Å²) in [6.07, 6.45) is -8.29. The number of nitrogens with zero attached hydrogens (tertiary/aromatic N) is 1. The van der Waals surface area contributed by atoms with Crippen molar-refractivity contribution in [1.82, 2.24) is 4.98 Å². The lowest BCUT2D eigenvalue weighted by Crippen LogP contribution is -2.23.